The molecule has 1 unspecified atom stereocenters. The van der Waals surface area contributed by atoms with Gasteiger partial charge in [0.25, 0.3) is 5.56 Å². The smallest absolute Gasteiger partial charge is 0.260 e. The molecule has 2 heterocycles. The monoisotopic (exact) mass is 324 g/mol. The lowest BCUT2D eigenvalue weighted by atomic mass is 10.1. The standard InChI is InChI=1S/C14H10Cl2N2OS/c1-7(15)12-17-13(19)11-10(6-20-14(11)18-12)8-2-4-9(16)5-3-8/h2-7H,1H3,(H,17,18,19). The van der Waals surface area contributed by atoms with Crippen LogP contribution in [0.3, 0.4) is 0 Å². The summed E-state index contributed by atoms with van der Waals surface area (Å²) in [6, 6.07) is 7.39. The van der Waals surface area contributed by atoms with Gasteiger partial charge in [0.05, 0.1) is 10.8 Å². The molecule has 102 valence electrons. The highest BCUT2D eigenvalue weighted by atomic mass is 35.5. The highest BCUT2D eigenvalue weighted by Crippen LogP contribution is 2.32. The minimum Gasteiger partial charge on any atom is -0.309 e. The van der Waals surface area contributed by atoms with Gasteiger partial charge in [-0.15, -0.1) is 22.9 Å². The third-order valence-electron chi connectivity index (χ3n) is 2.99. The molecule has 0 bridgehead atoms. The zero-order valence-electron chi connectivity index (χ0n) is 10.5. The maximum absolute atomic E-state index is 12.3. The average Bonchev–Trinajstić information content (AvgIpc) is 2.84. The Morgan fingerprint density at radius 3 is 2.65 bits per heavy atom. The molecular weight excluding hydrogens is 315 g/mol. The van der Waals surface area contributed by atoms with E-state index >= 15 is 0 Å². The van der Waals surface area contributed by atoms with Crippen molar-refractivity contribution in [3.63, 3.8) is 0 Å². The molecule has 20 heavy (non-hydrogen) atoms. The molecular formula is C14H10Cl2N2OS. The van der Waals surface area contributed by atoms with Gasteiger partial charge < -0.3 is 4.98 Å². The number of aromatic amines is 1. The Morgan fingerprint density at radius 2 is 2.00 bits per heavy atom. The molecule has 0 aliphatic carbocycles. The molecule has 0 amide bonds. The Balaban J connectivity index is 2.24. The first-order valence-electron chi connectivity index (χ1n) is 5.97. The molecule has 0 saturated carbocycles. The number of fused-ring (bicyclic) bond motifs is 1. The van der Waals surface area contributed by atoms with E-state index in [9.17, 15) is 4.79 Å². The van der Waals surface area contributed by atoms with Gasteiger partial charge in [-0.1, -0.05) is 23.7 Å². The second-order valence-electron chi connectivity index (χ2n) is 4.40. The van der Waals surface area contributed by atoms with E-state index in [1.807, 2.05) is 17.5 Å². The summed E-state index contributed by atoms with van der Waals surface area (Å²) in [6.45, 7) is 1.78. The molecule has 0 fully saturated rings. The Morgan fingerprint density at radius 1 is 1.30 bits per heavy atom. The van der Waals surface area contributed by atoms with Crippen molar-refractivity contribution in [3.8, 4) is 11.1 Å². The number of hydrogen-bond donors (Lipinski definition) is 1. The fourth-order valence-electron chi connectivity index (χ4n) is 2.00. The zero-order chi connectivity index (χ0) is 14.3. The lowest BCUT2D eigenvalue weighted by molar-refractivity contribution is 0.917. The van der Waals surface area contributed by atoms with Gasteiger partial charge in [0, 0.05) is 16.0 Å². The van der Waals surface area contributed by atoms with Gasteiger partial charge in [0.1, 0.15) is 10.7 Å². The van der Waals surface area contributed by atoms with Crippen molar-refractivity contribution in [1.29, 1.82) is 0 Å². The number of nitrogens with zero attached hydrogens (tertiary/aromatic N) is 1. The topological polar surface area (TPSA) is 45.8 Å². The van der Waals surface area contributed by atoms with Crippen LogP contribution in [0.4, 0.5) is 0 Å². The minimum atomic E-state index is -0.326. The number of benzene rings is 1. The number of hydrogen-bond acceptors (Lipinski definition) is 3. The predicted octanol–water partition coefficient (Wildman–Crippen LogP) is 4.60. The molecule has 6 heteroatoms. The van der Waals surface area contributed by atoms with Crippen LogP contribution in [-0.2, 0) is 0 Å². The fourth-order valence-corrected chi connectivity index (χ4v) is 3.18. The summed E-state index contributed by atoms with van der Waals surface area (Å²) in [5.74, 6) is 0.494. The minimum absolute atomic E-state index is 0.163. The molecule has 1 aromatic carbocycles. The van der Waals surface area contributed by atoms with Crippen LogP contribution in [0.1, 0.15) is 18.1 Å². The van der Waals surface area contributed by atoms with Gasteiger partial charge in [0.15, 0.2) is 0 Å². The van der Waals surface area contributed by atoms with Crippen molar-refractivity contribution in [1.82, 2.24) is 9.97 Å². The van der Waals surface area contributed by atoms with Crippen LogP contribution in [0.15, 0.2) is 34.4 Å². The summed E-state index contributed by atoms with van der Waals surface area (Å²) < 4.78 is 0. The number of nitrogens with one attached hydrogen (secondary N) is 1. The van der Waals surface area contributed by atoms with Crippen LogP contribution in [0.2, 0.25) is 5.02 Å². The molecule has 1 atom stereocenters. The summed E-state index contributed by atoms with van der Waals surface area (Å²) in [5, 5.41) is 2.86. The van der Waals surface area contributed by atoms with E-state index in [1.165, 1.54) is 11.3 Å². The van der Waals surface area contributed by atoms with Crippen molar-refractivity contribution in [2.45, 2.75) is 12.3 Å². The van der Waals surface area contributed by atoms with Gasteiger partial charge in [-0.25, -0.2) is 4.98 Å². The van der Waals surface area contributed by atoms with E-state index in [1.54, 1.807) is 19.1 Å². The zero-order valence-corrected chi connectivity index (χ0v) is 12.8. The molecule has 0 radical (unpaired) electrons. The van der Waals surface area contributed by atoms with Crippen LogP contribution in [0, 0.1) is 0 Å². The number of rotatable bonds is 2. The molecule has 0 saturated heterocycles. The highest BCUT2D eigenvalue weighted by Gasteiger charge is 2.14. The number of thiophene rings is 1. The summed E-state index contributed by atoms with van der Waals surface area (Å²) in [7, 11) is 0. The van der Waals surface area contributed by atoms with E-state index in [4.69, 9.17) is 23.2 Å². The van der Waals surface area contributed by atoms with Crippen molar-refractivity contribution in [3.05, 3.63) is 50.8 Å². The SMILES string of the molecule is CC(Cl)c1nc2scc(-c3ccc(Cl)cc3)c2c(=O)[nH]1. The van der Waals surface area contributed by atoms with Gasteiger partial charge >= 0.3 is 0 Å². The van der Waals surface area contributed by atoms with Crippen molar-refractivity contribution >= 4 is 44.8 Å². The van der Waals surface area contributed by atoms with Crippen molar-refractivity contribution in [2.75, 3.05) is 0 Å². The fraction of sp³-hybridized carbons (Fsp3) is 0.143. The summed E-state index contributed by atoms with van der Waals surface area (Å²) >= 11 is 13.3. The third kappa shape index (κ3) is 2.35. The Kier molecular flexibility index (Phi) is 3.54. The largest absolute Gasteiger partial charge is 0.309 e. The molecule has 0 aliphatic rings. The first kappa shape index (κ1) is 13.6. The first-order valence-corrected chi connectivity index (χ1v) is 7.67. The first-order chi connectivity index (χ1) is 9.56. The molecule has 3 aromatic rings. The van der Waals surface area contributed by atoms with Crippen LogP contribution < -0.4 is 5.56 Å². The third-order valence-corrected chi connectivity index (χ3v) is 4.33. The Bertz CT molecular complexity index is 821. The van der Waals surface area contributed by atoms with Gasteiger partial charge in [0.2, 0.25) is 0 Å². The molecule has 0 aliphatic heterocycles. The van der Waals surface area contributed by atoms with Crippen LogP contribution >= 0.6 is 34.5 Å². The van der Waals surface area contributed by atoms with Gasteiger partial charge in [-0.3, -0.25) is 4.79 Å². The lowest BCUT2D eigenvalue weighted by Crippen LogP contribution is -2.11. The summed E-state index contributed by atoms with van der Waals surface area (Å²) in [4.78, 5) is 20.1. The molecule has 1 N–H and O–H groups in total. The molecule has 3 nitrogen and oxygen atoms in total. The molecule has 3 rings (SSSR count). The number of H-pyrrole nitrogens is 1. The van der Waals surface area contributed by atoms with Gasteiger partial charge in [-0.05, 0) is 24.6 Å². The van der Waals surface area contributed by atoms with Crippen LogP contribution in [-0.4, -0.2) is 9.97 Å². The second kappa shape index (κ2) is 5.20. The molecule has 0 spiro atoms. The van der Waals surface area contributed by atoms with Crippen molar-refractivity contribution < 1.29 is 0 Å². The second-order valence-corrected chi connectivity index (χ2v) is 6.35. The number of aromatic nitrogens is 2. The number of alkyl halides is 1. The highest BCUT2D eigenvalue weighted by molar-refractivity contribution is 7.17. The average molecular weight is 325 g/mol. The molecule has 2 aromatic heterocycles. The van der Waals surface area contributed by atoms with Crippen LogP contribution in [0.25, 0.3) is 21.3 Å². The maximum atomic E-state index is 12.3. The normalized spacial score (nSPS) is 12.8. The lowest BCUT2D eigenvalue weighted by Gasteiger charge is -2.03. The quantitative estimate of drug-likeness (QED) is 0.700. The van der Waals surface area contributed by atoms with E-state index in [-0.39, 0.29) is 10.9 Å². The van der Waals surface area contributed by atoms with E-state index in [0.29, 0.717) is 21.1 Å². The van der Waals surface area contributed by atoms with Crippen molar-refractivity contribution in [2.24, 2.45) is 0 Å². The Hall–Kier alpha value is -1.36. The van der Waals surface area contributed by atoms with E-state index in [2.05, 4.69) is 9.97 Å². The van der Waals surface area contributed by atoms with Crippen LogP contribution in [0.5, 0.6) is 0 Å². The number of halogens is 2. The maximum Gasteiger partial charge on any atom is 0.260 e. The van der Waals surface area contributed by atoms with Gasteiger partial charge in [-0.2, -0.15) is 0 Å². The van der Waals surface area contributed by atoms with E-state index in [0.717, 1.165) is 11.1 Å². The predicted molar refractivity (Wildman–Crippen MR) is 85.0 cm³/mol. The van der Waals surface area contributed by atoms with E-state index < -0.39 is 0 Å². The summed E-state index contributed by atoms with van der Waals surface area (Å²) in [6.07, 6.45) is 0. The Labute approximate surface area is 129 Å². The summed E-state index contributed by atoms with van der Waals surface area (Å²) in [5.41, 5.74) is 1.65.